The van der Waals surface area contributed by atoms with Crippen molar-refractivity contribution in [2.75, 3.05) is 13.0 Å². The van der Waals surface area contributed by atoms with Gasteiger partial charge in [0.05, 0.1) is 26.0 Å². The molecule has 0 aliphatic carbocycles. The largest absolute Gasteiger partial charge is 0.444 e. The van der Waals surface area contributed by atoms with E-state index in [4.69, 9.17) is 13.7 Å². The maximum absolute atomic E-state index is 12.4. The van der Waals surface area contributed by atoms with Crippen molar-refractivity contribution in [3.8, 4) is 0 Å². The summed E-state index contributed by atoms with van der Waals surface area (Å²) in [5.74, 6) is 0. The Labute approximate surface area is 178 Å². The summed E-state index contributed by atoms with van der Waals surface area (Å²) in [6, 6.07) is 17.5. The van der Waals surface area contributed by atoms with Crippen molar-refractivity contribution in [3.63, 3.8) is 0 Å². The van der Waals surface area contributed by atoms with E-state index in [1.807, 2.05) is 54.6 Å². The van der Waals surface area contributed by atoms with Gasteiger partial charge in [-0.25, -0.2) is 8.98 Å². The number of benzene rings is 2. The number of carbonyl (C=O) groups excluding carboxylic acids is 1. The quantitative estimate of drug-likeness (QED) is 0.436. The molecule has 0 aromatic heterocycles. The lowest BCUT2D eigenvalue weighted by Gasteiger charge is -2.27. The van der Waals surface area contributed by atoms with Gasteiger partial charge in [-0.15, -0.1) is 0 Å². The maximum Gasteiger partial charge on any atom is 0.412 e. The van der Waals surface area contributed by atoms with Crippen molar-refractivity contribution in [2.45, 2.75) is 46.1 Å². The predicted molar refractivity (Wildman–Crippen MR) is 114 cm³/mol. The molecule has 164 valence electrons. The summed E-state index contributed by atoms with van der Waals surface area (Å²) in [7, 11) is -3.69. The minimum absolute atomic E-state index is 0.148. The van der Waals surface area contributed by atoms with Crippen LogP contribution in [0.3, 0.4) is 0 Å². The standard InChI is InChI=1S/C22H29NO6S/c1-22(2,3)29-21(24)23(17-28-30(4,25)26)14-18-10-12-20(13-11-18)16-27-15-19-8-6-5-7-9-19/h5-13H,14-17H2,1-4H3. The Morgan fingerprint density at radius 3 is 1.97 bits per heavy atom. The molecule has 30 heavy (non-hydrogen) atoms. The van der Waals surface area contributed by atoms with Crippen LogP contribution in [0.1, 0.15) is 37.5 Å². The monoisotopic (exact) mass is 435 g/mol. The molecule has 0 aliphatic heterocycles. The minimum atomic E-state index is -3.69. The molecule has 0 fully saturated rings. The average molecular weight is 436 g/mol. The fourth-order valence-corrected chi connectivity index (χ4v) is 2.79. The second kappa shape index (κ2) is 10.6. The zero-order valence-corrected chi connectivity index (χ0v) is 18.6. The first-order valence-electron chi connectivity index (χ1n) is 9.54. The molecule has 8 heteroatoms. The molecule has 0 atom stereocenters. The number of nitrogens with zero attached hydrogens (tertiary/aromatic N) is 1. The summed E-state index contributed by atoms with van der Waals surface area (Å²) >= 11 is 0. The third-order valence-electron chi connectivity index (χ3n) is 3.85. The number of hydrogen-bond donors (Lipinski definition) is 0. The molecule has 7 nitrogen and oxygen atoms in total. The van der Waals surface area contributed by atoms with Crippen LogP contribution in [-0.4, -0.2) is 38.0 Å². The fourth-order valence-electron chi connectivity index (χ4n) is 2.47. The summed E-state index contributed by atoms with van der Waals surface area (Å²) in [5.41, 5.74) is 2.20. The van der Waals surface area contributed by atoms with E-state index in [-0.39, 0.29) is 6.54 Å². The second-order valence-electron chi connectivity index (χ2n) is 7.92. The Kier molecular flexibility index (Phi) is 8.40. The minimum Gasteiger partial charge on any atom is -0.444 e. The molecule has 2 aromatic carbocycles. The van der Waals surface area contributed by atoms with Crippen LogP contribution in [0.5, 0.6) is 0 Å². The normalized spacial score (nSPS) is 11.9. The zero-order chi connectivity index (χ0) is 22.2. The van der Waals surface area contributed by atoms with E-state index in [1.54, 1.807) is 20.8 Å². The number of carbonyl (C=O) groups is 1. The number of amides is 1. The molecule has 0 saturated carbocycles. The molecule has 0 aliphatic rings. The first-order valence-corrected chi connectivity index (χ1v) is 11.4. The molecule has 0 N–H and O–H groups in total. The van der Waals surface area contributed by atoms with Crippen molar-refractivity contribution in [2.24, 2.45) is 0 Å². The first kappa shape index (κ1) is 23.9. The smallest absolute Gasteiger partial charge is 0.412 e. The van der Waals surface area contributed by atoms with Crippen LogP contribution < -0.4 is 0 Å². The average Bonchev–Trinajstić information content (AvgIpc) is 2.65. The van der Waals surface area contributed by atoms with Crippen LogP contribution in [0.25, 0.3) is 0 Å². The molecule has 0 bridgehead atoms. The van der Waals surface area contributed by atoms with Crippen LogP contribution in [-0.2, 0) is 43.5 Å². The highest BCUT2D eigenvalue weighted by Crippen LogP contribution is 2.15. The van der Waals surface area contributed by atoms with E-state index in [9.17, 15) is 13.2 Å². The Morgan fingerprint density at radius 1 is 0.900 bits per heavy atom. The van der Waals surface area contributed by atoms with Gasteiger partial charge in [0.1, 0.15) is 12.3 Å². The van der Waals surface area contributed by atoms with Gasteiger partial charge < -0.3 is 9.47 Å². The molecule has 0 heterocycles. The number of rotatable bonds is 9. The lowest BCUT2D eigenvalue weighted by atomic mass is 10.1. The highest BCUT2D eigenvalue weighted by atomic mass is 32.2. The molecule has 0 radical (unpaired) electrons. The van der Waals surface area contributed by atoms with Gasteiger partial charge in [0.2, 0.25) is 0 Å². The summed E-state index contributed by atoms with van der Waals surface area (Å²) in [5, 5.41) is 0. The maximum atomic E-state index is 12.4. The van der Waals surface area contributed by atoms with Gasteiger partial charge in [-0.2, -0.15) is 8.42 Å². The van der Waals surface area contributed by atoms with Crippen molar-refractivity contribution in [3.05, 3.63) is 71.3 Å². The van der Waals surface area contributed by atoms with Gasteiger partial charge >= 0.3 is 6.09 Å². The van der Waals surface area contributed by atoms with E-state index >= 15 is 0 Å². The van der Waals surface area contributed by atoms with E-state index in [2.05, 4.69) is 0 Å². The van der Waals surface area contributed by atoms with Crippen LogP contribution >= 0.6 is 0 Å². The van der Waals surface area contributed by atoms with Gasteiger partial charge in [-0.1, -0.05) is 54.6 Å². The van der Waals surface area contributed by atoms with Crippen LogP contribution in [0.4, 0.5) is 4.79 Å². The molecule has 0 spiro atoms. The zero-order valence-electron chi connectivity index (χ0n) is 17.8. The van der Waals surface area contributed by atoms with Gasteiger partial charge in [0.25, 0.3) is 10.1 Å². The Hall–Kier alpha value is -2.42. The van der Waals surface area contributed by atoms with Crippen LogP contribution in [0.2, 0.25) is 0 Å². The summed E-state index contributed by atoms with van der Waals surface area (Å²) in [6.07, 6.45) is 0.284. The number of ether oxygens (including phenoxy) is 2. The Balaban J connectivity index is 1.96. The van der Waals surface area contributed by atoms with Crippen molar-refractivity contribution >= 4 is 16.2 Å². The summed E-state index contributed by atoms with van der Waals surface area (Å²) in [6.45, 7) is 5.94. The number of hydrogen-bond acceptors (Lipinski definition) is 6. The second-order valence-corrected chi connectivity index (χ2v) is 9.57. The Morgan fingerprint density at radius 2 is 1.43 bits per heavy atom. The summed E-state index contributed by atoms with van der Waals surface area (Å²) in [4.78, 5) is 13.6. The molecular formula is C22H29NO6S. The van der Waals surface area contributed by atoms with E-state index < -0.39 is 28.5 Å². The van der Waals surface area contributed by atoms with Gasteiger partial charge in [-0.05, 0) is 37.5 Å². The van der Waals surface area contributed by atoms with Crippen molar-refractivity contribution in [1.29, 1.82) is 0 Å². The van der Waals surface area contributed by atoms with Crippen LogP contribution in [0, 0.1) is 0 Å². The lowest BCUT2D eigenvalue weighted by molar-refractivity contribution is 0.00872. The molecule has 1 amide bonds. The van der Waals surface area contributed by atoms with E-state index in [1.165, 1.54) is 4.90 Å². The predicted octanol–water partition coefficient (Wildman–Crippen LogP) is 4.07. The third kappa shape index (κ3) is 9.39. The Bertz CT molecular complexity index is 905. The third-order valence-corrected chi connectivity index (χ3v) is 4.38. The van der Waals surface area contributed by atoms with Crippen LogP contribution in [0.15, 0.2) is 54.6 Å². The lowest BCUT2D eigenvalue weighted by Crippen LogP contribution is -2.38. The molecular weight excluding hydrogens is 406 g/mol. The highest BCUT2D eigenvalue weighted by Gasteiger charge is 2.23. The van der Waals surface area contributed by atoms with Gasteiger partial charge in [-0.3, -0.25) is 4.90 Å². The van der Waals surface area contributed by atoms with E-state index in [0.29, 0.717) is 13.2 Å². The van der Waals surface area contributed by atoms with Gasteiger partial charge in [0.15, 0.2) is 0 Å². The fraction of sp³-hybridized carbons (Fsp3) is 0.409. The molecule has 0 unspecified atom stereocenters. The van der Waals surface area contributed by atoms with Crippen molar-refractivity contribution in [1.82, 2.24) is 4.90 Å². The molecule has 2 aromatic rings. The molecule has 2 rings (SSSR count). The molecule has 0 saturated heterocycles. The first-order chi connectivity index (χ1) is 14.0. The van der Waals surface area contributed by atoms with Crippen molar-refractivity contribution < 1.29 is 26.9 Å². The SMILES string of the molecule is CC(C)(C)OC(=O)N(COS(C)(=O)=O)Cc1ccc(COCc2ccccc2)cc1. The van der Waals surface area contributed by atoms with E-state index in [0.717, 1.165) is 22.9 Å². The highest BCUT2D eigenvalue weighted by molar-refractivity contribution is 7.85. The topological polar surface area (TPSA) is 82.1 Å². The summed E-state index contributed by atoms with van der Waals surface area (Å²) < 4.78 is 38.5. The van der Waals surface area contributed by atoms with Gasteiger partial charge in [0, 0.05) is 0 Å².